The third kappa shape index (κ3) is 2.41. The number of hydrogen-bond acceptors (Lipinski definition) is 3. The van der Waals surface area contributed by atoms with E-state index in [1.807, 2.05) is 0 Å². The van der Waals surface area contributed by atoms with Crippen LogP contribution in [-0.2, 0) is 17.6 Å². The molecule has 0 bridgehead atoms. The van der Waals surface area contributed by atoms with Gasteiger partial charge in [-0.1, -0.05) is 13.8 Å². The molecule has 0 spiro atoms. The smallest absolute Gasteiger partial charge is 0.339 e. The molecule has 0 unspecified atom stereocenters. The quantitative estimate of drug-likeness (QED) is 0.865. The lowest BCUT2D eigenvalue weighted by Gasteiger charge is -2.29. The van der Waals surface area contributed by atoms with Crippen LogP contribution in [0.4, 0.5) is 5.00 Å². The number of thiophene rings is 1. The van der Waals surface area contributed by atoms with Gasteiger partial charge in [0.25, 0.3) is 0 Å². The van der Waals surface area contributed by atoms with Gasteiger partial charge in [0.05, 0.1) is 5.56 Å². The van der Waals surface area contributed by atoms with Gasteiger partial charge in [-0.15, -0.1) is 11.3 Å². The van der Waals surface area contributed by atoms with E-state index in [2.05, 4.69) is 19.2 Å². The fourth-order valence-electron chi connectivity index (χ4n) is 2.38. The predicted octanol–water partition coefficient (Wildman–Crippen LogP) is 2.92. The fraction of sp³-hybridized carbons (Fsp3) is 0.538. The molecule has 0 fully saturated rings. The van der Waals surface area contributed by atoms with Crippen molar-refractivity contribution in [2.24, 2.45) is 5.41 Å². The van der Waals surface area contributed by atoms with Crippen molar-refractivity contribution in [1.29, 1.82) is 0 Å². The summed E-state index contributed by atoms with van der Waals surface area (Å²) < 4.78 is 0. The van der Waals surface area contributed by atoms with Crippen molar-refractivity contribution in [2.75, 3.05) is 5.32 Å². The Morgan fingerprint density at radius 3 is 2.61 bits per heavy atom. The first-order valence-electron chi connectivity index (χ1n) is 5.95. The Hall–Kier alpha value is -1.36. The molecular weight excluding hydrogens is 250 g/mol. The molecule has 4 nitrogen and oxygen atoms in total. The van der Waals surface area contributed by atoms with Gasteiger partial charge < -0.3 is 10.4 Å². The molecule has 0 atom stereocenters. The Bertz CT molecular complexity index is 517. The highest BCUT2D eigenvalue weighted by atomic mass is 32.1. The maximum atomic E-state index is 11.4. The van der Waals surface area contributed by atoms with E-state index in [-0.39, 0.29) is 11.3 Å². The number of amides is 1. The van der Waals surface area contributed by atoms with Crippen LogP contribution in [-0.4, -0.2) is 17.0 Å². The Morgan fingerprint density at radius 2 is 2.06 bits per heavy atom. The van der Waals surface area contributed by atoms with Crippen molar-refractivity contribution in [1.82, 2.24) is 0 Å². The second-order valence-corrected chi connectivity index (χ2v) is 6.64. The molecule has 5 heteroatoms. The molecule has 1 aliphatic carbocycles. The summed E-state index contributed by atoms with van der Waals surface area (Å²) in [4.78, 5) is 23.6. The average molecular weight is 267 g/mol. The highest BCUT2D eigenvalue weighted by Gasteiger charge is 2.32. The Kier molecular flexibility index (Phi) is 3.19. The molecule has 0 saturated heterocycles. The molecule has 1 amide bonds. The van der Waals surface area contributed by atoms with E-state index < -0.39 is 5.97 Å². The third-order valence-corrected chi connectivity index (χ3v) is 4.43. The predicted molar refractivity (Wildman–Crippen MR) is 71.4 cm³/mol. The normalized spacial score (nSPS) is 17.1. The zero-order valence-corrected chi connectivity index (χ0v) is 11.6. The number of fused-ring (bicyclic) bond motifs is 1. The maximum Gasteiger partial charge on any atom is 0.339 e. The van der Waals surface area contributed by atoms with Gasteiger partial charge in [-0.3, -0.25) is 4.79 Å². The topological polar surface area (TPSA) is 66.4 Å². The summed E-state index contributed by atoms with van der Waals surface area (Å²) in [5.41, 5.74) is 1.41. The molecule has 0 saturated carbocycles. The van der Waals surface area contributed by atoms with Crippen LogP contribution in [0.15, 0.2) is 0 Å². The summed E-state index contributed by atoms with van der Waals surface area (Å²) in [7, 11) is 0. The molecule has 1 aromatic rings. The lowest BCUT2D eigenvalue weighted by Crippen LogP contribution is -2.21. The molecular formula is C13H17NO3S. The number of nitrogens with one attached hydrogen (secondary N) is 1. The van der Waals surface area contributed by atoms with Crippen molar-refractivity contribution in [3.8, 4) is 0 Å². The molecule has 18 heavy (non-hydrogen) atoms. The van der Waals surface area contributed by atoms with Crippen molar-refractivity contribution in [3.63, 3.8) is 0 Å². The van der Waals surface area contributed by atoms with Crippen LogP contribution in [0, 0.1) is 5.41 Å². The second-order valence-electron chi connectivity index (χ2n) is 5.54. The van der Waals surface area contributed by atoms with Gasteiger partial charge in [-0.25, -0.2) is 4.79 Å². The Morgan fingerprint density at radius 1 is 1.39 bits per heavy atom. The summed E-state index contributed by atoms with van der Waals surface area (Å²) in [5, 5.41) is 12.4. The van der Waals surface area contributed by atoms with E-state index in [1.165, 1.54) is 18.3 Å². The molecule has 98 valence electrons. The number of carbonyl (C=O) groups is 2. The van der Waals surface area contributed by atoms with Crippen LogP contribution >= 0.6 is 11.3 Å². The number of rotatable bonds is 2. The van der Waals surface area contributed by atoms with Gasteiger partial charge >= 0.3 is 5.97 Å². The number of anilines is 1. The SMILES string of the molecule is CC(=O)Nc1sc2c(c1C(=O)O)CCC(C)(C)C2. The summed E-state index contributed by atoms with van der Waals surface area (Å²) >= 11 is 1.41. The zero-order valence-electron chi connectivity index (χ0n) is 10.8. The number of carbonyl (C=O) groups excluding carboxylic acids is 1. The van der Waals surface area contributed by atoms with Crippen molar-refractivity contribution < 1.29 is 14.7 Å². The highest BCUT2D eigenvalue weighted by molar-refractivity contribution is 7.17. The van der Waals surface area contributed by atoms with Gasteiger partial charge in [0.1, 0.15) is 5.00 Å². The van der Waals surface area contributed by atoms with Gasteiger partial charge in [-0.05, 0) is 30.2 Å². The van der Waals surface area contributed by atoms with E-state index in [0.717, 1.165) is 29.7 Å². The molecule has 1 aromatic heterocycles. The maximum absolute atomic E-state index is 11.4. The van der Waals surface area contributed by atoms with Crippen LogP contribution in [0.3, 0.4) is 0 Å². The van der Waals surface area contributed by atoms with Gasteiger partial charge in [-0.2, -0.15) is 0 Å². The first-order valence-corrected chi connectivity index (χ1v) is 6.77. The minimum atomic E-state index is -0.948. The summed E-state index contributed by atoms with van der Waals surface area (Å²) in [6.45, 7) is 5.77. The number of aromatic carboxylic acids is 1. The van der Waals surface area contributed by atoms with Crippen molar-refractivity contribution in [3.05, 3.63) is 16.0 Å². The zero-order chi connectivity index (χ0) is 13.5. The van der Waals surface area contributed by atoms with Gasteiger partial charge in [0.2, 0.25) is 5.91 Å². The van der Waals surface area contributed by atoms with E-state index >= 15 is 0 Å². The Labute approximate surface area is 110 Å². The Balaban J connectivity index is 2.47. The summed E-state index contributed by atoms with van der Waals surface area (Å²) in [5.74, 6) is -1.17. The lowest BCUT2D eigenvalue weighted by atomic mass is 9.77. The third-order valence-electron chi connectivity index (χ3n) is 3.29. The molecule has 0 radical (unpaired) electrons. The first-order chi connectivity index (χ1) is 8.30. The lowest BCUT2D eigenvalue weighted by molar-refractivity contribution is -0.114. The first kappa shape index (κ1) is 13.1. The summed E-state index contributed by atoms with van der Waals surface area (Å²) in [6.07, 6.45) is 2.64. The van der Waals surface area contributed by atoms with E-state index in [0.29, 0.717) is 10.6 Å². The van der Waals surface area contributed by atoms with Crippen LogP contribution < -0.4 is 5.32 Å². The standard InChI is InChI=1S/C13H17NO3S/c1-7(15)14-11-10(12(16)17)8-4-5-13(2,3)6-9(8)18-11/h4-6H2,1-3H3,(H,14,15)(H,16,17). The molecule has 0 aliphatic heterocycles. The minimum Gasteiger partial charge on any atom is -0.478 e. The van der Waals surface area contributed by atoms with Crippen LogP contribution in [0.5, 0.6) is 0 Å². The molecule has 2 N–H and O–H groups in total. The number of carboxylic acid groups (broad SMARTS) is 1. The second kappa shape index (κ2) is 4.39. The minimum absolute atomic E-state index is 0.209. The molecule has 2 rings (SSSR count). The summed E-state index contributed by atoms with van der Waals surface area (Å²) in [6, 6.07) is 0. The molecule has 1 aliphatic rings. The monoisotopic (exact) mass is 267 g/mol. The largest absolute Gasteiger partial charge is 0.478 e. The molecule has 0 aromatic carbocycles. The van der Waals surface area contributed by atoms with Crippen LogP contribution in [0.2, 0.25) is 0 Å². The van der Waals surface area contributed by atoms with Crippen molar-refractivity contribution in [2.45, 2.75) is 40.0 Å². The van der Waals surface area contributed by atoms with Crippen LogP contribution in [0.1, 0.15) is 48.0 Å². The highest BCUT2D eigenvalue weighted by Crippen LogP contribution is 2.43. The van der Waals surface area contributed by atoms with E-state index in [4.69, 9.17) is 0 Å². The van der Waals surface area contributed by atoms with Gasteiger partial charge in [0, 0.05) is 11.8 Å². The average Bonchev–Trinajstić information content (AvgIpc) is 2.51. The number of carboxylic acids is 1. The number of hydrogen-bond donors (Lipinski definition) is 2. The van der Waals surface area contributed by atoms with E-state index in [1.54, 1.807) is 0 Å². The van der Waals surface area contributed by atoms with E-state index in [9.17, 15) is 14.7 Å². The fourth-order valence-corrected chi connectivity index (χ4v) is 3.92. The molecule has 1 heterocycles. The van der Waals surface area contributed by atoms with Gasteiger partial charge in [0.15, 0.2) is 0 Å². The van der Waals surface area contributed by atoms with Crippen LogP contribution in [0.25, 0.3) is 0 Å². The van der Waals surface area contributed by atoms with Crippen molar-refractivity contribution >= 4 is 28.2 Å².